The molecule has 0 bridgehead atoms. The minimum atomic E-state index is -0.170. The number of amides is 2. The van der Waals surface area contributed by atoms with E-state index >= 15 is 0 Å². The summed E-state index contributed by atoms with van der Waals surface area (Å²) in [6, 6.07) is 16.6. The van der Waals surface area contributed by atoms with Crippen molar-refractivity contribution >= 4 is 34.5 Å². The zero-order valence-corrected chi connectivity index (χ0v) is 17.6. The van der Waals surface area contributed by atoms with Crippen LogP contribution in [0.15, 0.2) is 66.2 Å². The van der Waals surface area contributed by atoms with Crippen molar-refractivity contribution in [2.24, 2.45) is 0 Å². The number of likely N-dealkylation sites (tertiary alicyclic amines) is 1. The number of pyridine rings is 1. The molecule has 1 unspecified atom stereocenters. The Morgan fingerprint density at radius 1 is 1.06 bits per heavy atom. The molecule has 1 aliphatic heterocycles. The number of carbonyl (C=O) groups excluding carboxylic acids is 2. The van der Waals surface area contributed by atoms with Gasteiger partial charge in [-0.3, -0.25) is 14.0 Å². The molecule has 4 heterocycles. The maximum Gasteiger partial charge on any atom is 0.265 e. The van der Waals surface area contributed by atoms with Crippen molar-refractivity contribution < 1.29 is 9.59 Å². The molecule has 1 N–H and O–H groups in total. The maximum absolute atomic E-state index is 13.2. The normalized spacial score (nSPS) is 16.4. The molecule has 1 saturated heterocycles. The Labute approximate surface area is 183 Å². The van der Waals surface area contributed by atoms with Crippen molar-refractivity contribution in [2.75, 3.05) is 18.4 Å². The molecule has 0 radical (unpaired) electrons. The molecule has 1 aliphatic rings. The van der Waals surface area contributed by atoms with E-state index in [1.807, 2.05) is 45.1 Å². The summed E-state index contributed by atoms with van der Waals surface area (Å²) in [6.07, 6.45) is 3.84. The number of nitrogens with one attached hydrogen (secondary N) is 1. The topological polar surface area (TPSA) is 79.6 Å². The number of fused-ring (bicyclic) bond motifs is 1. The predicted molar refractivity (Wildman–Crippen MR) is 120 cm³/mol. The van der Waals surface area contributed by atoms with Gasteiger partial charge in [-0.15, -0.1) is 21.5 Å². The Morgan fingerprint density at radius 2 is 2.00 bits per heavy atom. The molecule has 156 valence electrons. The van der Waals surface area contributed by atoms with Crippen LogP contribution >= 0.6 is 11.3 Å². The van der Waals surface area contributed by atoms with Crippen molar-refractivity contribution in [2.45, 2.75) is 18.8 Å². The molecule has 2 amide bonds. The molecule has 4 aromatic rings. The Bertz CT molecular complexity index is 1230. The van der Waals surface area contributed by atoms with Crippen LogP contribution < -0.4 is 5.32 Å². The van der Waals surface area contributed by atoms with Crippen molar-refractivity contribution in [3.63, 3.8) is 0 Å². The van der Waals surface area contributed by atoms with Crippen LogP contribution in [0.2, 0.25) is 0 Å². The van der Waals surface area contributed by atoms with Gasteiger partial charge in [0.2, 0.25) is 0 Å². The van der Waals surface area contributed by atoms with Crippen molar-refractivity contribution in [3.05, 3.63) is 82.4 Å². The zero-order chi connectivity index (χ0) is 21.2. The van der Waals surface area contributed by atoms with Gasteiger partial charge in [-0.2, -0.15) is 0 Å². The number of hydrogen-bond acceptors (Lipinski definition) is 5. The van der Waals surface area contributed by atoms with Gasteiger partial charge in [0, 0.05) is 36.5 Å². The van der Waals surface area contributed by atoms with Crippen molar-refractivity contribution in [1.82, 2.24) is 19.5 Å². The molecular formula is C23H21N5O2S. The molecule has 3 aromatic heterocycles. The lowest BCUT2D eigenvalue weighted by atomic mass is 9.96. The fourth-order valence-corrected chi connectivity index (χ4v) is 4.64. The number of carbonyl (C=O) groups is 2. The lowest BCUT2D eigenvalue weighted by Gasteiger charge is -2.32. The Balaban J connectivity index is 1.32. The van der Waals surface area contributed by atoms with E-state index in [9.17, 15) is 9.59 Å². The molecule has 1 atom stereocenters. The fraction of sp³-hybridized carbons (Fsp3) is 0.217. The number of rotatable bonds is 4. The first-order chi connectivity index (χ1) is 15.2. The van der Waals surface area contributed by atoms with Gasteiger partial charge >= 0.3 is 0 Å². The molecule has 1 aromatic carbocycles. The van der Waals surface area contributed by atoms with Gasteiger partial charge in [-0.25, -0.2) is 0 Å². The van der Waals surface area contributed by atoms with Crippen LogP contribution in [0, 0.1) is 0 Å². The van der Waals surface area contributed by atoms with Crippen LogP contribution in [0.25, 0.3) is 5.65 Å². The quantitative estimate of drug-likeness (QED) is 0.528. The van der Waals surface area contributed by atoms with Crippen LogP contribution in [0.4, 0.5) is 5.69 Å². The average molecular weight is 432 g/mol. The number of aromatic nitrogens is 3. The second kappa shape index (κ2) is 8.31. The highest BCUT2D eigenvalue weighted by atomic mass is 32.1. The van der Waals surface area contributed by atoms with E-state index < -0.39 is 0 Å². The zero-order valence-electron chi connectivity index (χ0n) is 16.8. The van der Waals surface area contributed by atoms with E-state index in [0.29, 0.717) is 29.2 Å². The third-order valence-electron chi connectivity index (χ3n) is 5.53. The van der Waals surface area contributed by atoms with Gasteiger partial charge in [0.15, 0.2) is 5.65 Å². The van der Waals surface area contributed by atoms with E-state index in [1.54, 1.807) is 30.3 Å². The van der Waals surface area contributed by atoms with Crippen molar-refractivity contribution in [3.8, 4) is 0 Å². The SMILES string of the molecule is O=C(Nc1cccc(C(=O)N2CCCC(c3nnc4ccccn34)C2)c1)c1cccs1. The second-order valence-electron chi connectivity index (χ2n) is 7.59. The minimum absolute atomic E-state index is 0.0363. The summed E-state index contributed by atoms with van der Waals surface area (Å²) >= 11 is 1.38. The lowest BCUT2D eigenvalue weighted by Crippen LogP contribution is -2.39. The molecule has 0 aliphatic carbocycles. The number of thiophene rings is 1. The first-order valence-corrected chi connectivity index (χ1v) is 11.1. The Hall–Kier alpha value is -3.52. The van der Waals surface area contributed by atoms with Gasteiger partial charge < -0.3 is 10.2 Å². The largest absolute Gasteiger partial charge is 0.338 e. The highest BCUT2D eigenvalue weighted by Gasteiger charge is 2.28. The summed E-state index contributed by atoms with van der Waals surface area (Å²) in [6.45, 7) is 1.30. The third kappa shape index (κ3) is 3.94. The third-order valence-corrected chi connectivity index (χ3v) is 6.39. The van der Waals surface area contributed by atoms with Gasteiger partial charge in [-0.1, -0.05) is 18.2 Å². The van der Waals surface area contributed by atoms with Crippen molar-refractivity contribution in [1.29, 1.82) is 0 Å². The predicted octanol–water partition coefficient (Wildman–Crippen LogP) is 4.06. The van der Waals surface area contributed by atoms with E-state index in [1.165, 1.54) is 11.3 Å². The molecule has 0 saturated carbocycles. The first-order valence-electron chi connectivity index (χ1n) is 10.2. The van der Waals surface area contributed by atoms with Gasteiger partial charge in [0.1, 0.15) is 5.82 Å². The highest BCUT2D eigenvalue weighted by molar-refractivity contribution is 7.12. The standard InChI is InChI=1S/C23H21N5O2S/c29-22(19-9-5-13-31-19)24-18-8-3-6-16(14-18)23(30)27-11-4-7-17(15-27)21-26-25-20-10-1-2-12-28(20)21/h1-3,5-6,8-10,12-14,17H,4,7,11,15H2,(H,24,29). The summed E-state index contributed by atoms with van der Waals surface area (Å²) < 4.78 is 2.00. The summed E-state index contributed by atoms with van der Waals surface area (Å²) in [5.41, 5.74) is 1.99. The monoisotopic (exact) mass is 431 g/mol. The van der Waals surface area contributed by atoms with Crippen LogP contribution in [-0.4, -0.2) is 44.4 Å². The molecule has 7 nitrogen and oxygen atoms in total. The van der Waals surface area contributed by atoms with Gasteiger partial charge in [0.25, 0.3) is 11.8 Å². The van der Waals surface area contributed by atoms with Crippen LogP contribution in [0.5, 0.6) is 0 Å². The van der Waals surface area contributed by atoms with Crippen LogP contribution in [0.1, 0.15) is 44.6 Å². The van der Waals surface area contributed by atoms with Gasteiger partial charge in [-0.05, 0) is 54.6 Å². The summed E-state index contributed by atoms with van der Waals surface area (Å²) in [4.78, 5) is 28.1. The maximum atomic E-state index is 13.2. The summed E-state index contributed by atoms with van der Waals surface area (Å²) in [7, 11) is 0. The smallest absolute Gasteiger partial charge is 0.265 e. The molecule has 0 spiro atoms. The molecule has 8 heteroatoms. The average Bonchev–Trinajstić information content (AvgIpc) is 3.49. The Kier molecular flexibility index (Phi) is 5.21. The van der Waals surface area contributed by atoms with E-state index in [2.05, 4.69) is 15.5 Å². The molecule has 1 fully saturated rings. The fourth-order valence-electron chi connectivity index (χ4n) is 4.02. The van der Waals surface area contributed by atoms with E-state index in [4.69, 9.17) is 0 Å². The van der Waals surface area contributed by atoms with Gasteiger partial charge in [0.05, 0.1) is 4.88 Å². The number of nitrogens with zero attached hydrogens (tertiary/aromatic N) is 4. The number of benzene rings is 1. The summed E-state index contributed by atoms with van der Waals surface area (Å²) in [5, 5.41) is 13.4. The summed E-state index contributed by atoms with van der Waals surface area (Å²) in [5.74, 6) is 0.823. The van der Waals surface area contributed by atoms with Crippen LogP contribution in [0.3, 0.4) is 0 Å². The molecule has 31 heavy (non-hydrogen) atoms. The van der Waals surface area contributed by atoms with E-state index in [-0.39, 0.29) is 17.7 Å². The van der Waals surface area contributed by atoms with E-state index in [0.717, 1.165) is 24.3 Å². The molecule has 5 rings (SSSR count). The van der Waals surface area contributed by atoms with Crippen LogP contribution in [-0.2, 0) is 0 Å². The minimum Gasteiger partial charge on any atom is -0.338 e. The first kappa shape index (κ1) is 19.4. The number of hydrogen-bond donors (Lipinski definition) is 1. The lowest BCUT2D eigenvalue weighted by molar-refractivity contribution is 0.0704. The number of piperidine rings is 1. The Morgan fingerprint density at radius 3 is 2.87 bits per heavy atom. The molecular weight excluding hydrogens is 410 g/mol. The number of anilines is 1. The second-order valence-corrected chi connectivity index (χ2v) is 8.54. The highest BCUT2D eigenvalue weighted by Crippen LogP contribution is 2.27.